The Morgan fingerprint density at radius 3 is 2.95 bits per heavy atom. The van der Waals surface area contributed by atoms with Gasteiger partial charge in [0.15, 0.2) is 11.3 Å². The normalized spacial score (nSPS) is 12.3. The maximum absolute atomic E-state index is 11.4. The molecule has 0 spiro atoms. The lowest BCUT2D eigenvalue weighted by molar-refractivity contribution is -0.120. The minimum Gasteiger partial charge on any atom is -0.493 e. The summed E-state index contributed by atoms with van der Waals surface area (Å²) in [5.74, 6) is 1.63. The van der Waals surface area contributed by atoms with Crippen molar-refractivity contribution in [1.82, 2.24) is 10.6 Å². The van der Waals surface area contributed by atoms with Crippen molar-refractivity contribution in [3.63, 3.8) is 0 Å². The second kappa shape index (κ2) is 7.13. The van der Waals surface area contributed by atoms with Crippen molar-refractivity contribution in [2.75, 3.05) is 20.2 Å². The number of methoxy groups -OCH3 is 1. The van der Waals surface area contributed by atoms with Crippen molar-refractivity contribution in [1.29, 1.82) is 0 Å². The van der Waals surface area contributed by atoms with Crippen LogP contribution in [0, 0.1) is 0 Å². The van der Waals surface area contributed by atoms with Gasteiger partial charge in [0.1, 0.15) is 5.76 Å². The number of rotatable bonds is 7. The fraction of sp³-hybridized carbons (Fsp3) is 0.438. The molecule has 2 N–H and O–H groups in total. The van der Waals surface area contributed by atoms with Gasteiger partial charge >= 0.3 is 0 Å². The van der Waals surface area contributed by atoms with Gasteiger partial charge < -0.3 is 19.8 Å². The number of fused-ring (bicyclic) bond motifs is 1. The first-order chi connectivity index (χ1) is 10.2. The van der Waals surface area contributed by atoms with E-state index in [0.29, 0.717) is 19.5 Å². The zero-order valence-corrected chi connectivity index (χ0v) is 12.7. The second-order valence-corrected chi connectivity index (χ2v) is 4.91. The molecule has 5 nitrogen and oxygen atoms in total. The Bertz CT molecular complexity index is 607. The highest BCUT2D eigenvalue weighted by Crippen LogP contribution is 2.30. The van der Waals surface area contributed by atoms with Crippen molar-refractivity contribution < 1.29 is 13.9 Å². The van der Waals surface area contributed by atoms with Crippen molar-refractivity contribution in [2.24, 2.45) is 0 Å². The Morgan fingerprint density at radius 2 is 2.24 bits per heavy atom. The van der Waals surface area contributed by atoms with Crippen molar-refractivity contribution in [3.05, 3.63) is 30.0 Å². The van der Waals surface area contributed by atoms with Crippen LogP contribution in [0.25, 0.3) is 11.0 Å². The number of amides is 1. The Morgan fingerprint density at radius 1 is 1.43 bits per heavy atom. The highest BCUT2D eigenvalue weighted by atomic mass is 16.5. The fourth-order valence-electron chi connectivity index (χ4n) is 2.22. The van der Waals surface area contributed by atoms with Gasteiger partial charge in [0.05, 0.1) is 13.2 Å². The van der Waals surface area contributed by atoms with Crippen LogP contribution in [0.1, 0.15) is 32.1 Å². The number of hydrogen-bond donors (Lipinski definition) is 2. The van der Waals surface area contributed by atoms with Gasteiger partial charge in [-0.15, -0.1) is 0 Å². The number of para-hydroxylation sites is 1. The standard InChI is InChI=1S/C16H22N2O3/c1-4-17-15(19)8-9-18-11(2)14-10-12-6-5-7-13(20-3)16(12)21-14/h5-7,10-11,18H,4,8-9H2,1-3H3,(H,17,19). The molecule has 5 heteroatoms. The topological polar surface area (TPSA) is 63.5 Å². The molecule has 2 rings (SSSR count). The van der Waals surface area contributed by atoms with E-state index >= 15 is 0 Å². The van der Waals surface area contributed by atoms with E-state index in [-0.39, 0.29) is 11.9 Å². The minimum atomic E-state index is 0.0385. The van der Waals surface area contributed by atoms with Crippen molar-refractivity contribution >= 4 is 16.9 Å². The first-order valence-electron chi connectivity index (χ1n) is 7.22. The molecule has 1 heterocycles. The van der Waals surface area contributed by atoms with Gasteiger partial charge in [-0.3, -0.25) is 4.79 Å². The minimum absolute atomic E-state index is 0.0385. The molecule has 0 aliphatic heterocycles. The van der Waals surface area contributed by atoms with Gasteiger partial charge in [-0.2, -0.15) is 0 Å². The van der Waals surface area contributed by atoms with E-state index in [4.69, 9.17) is 9.15 Å². The van der Waals surface area contributed by atoms with Crippen LogP contribution in [0.5, 0.6) is 5.75 Å². The van der Waals surface area contributed by atoms with Crippen LogP contribution < -0.4 is 15.4 Å². The molecule has 0 bridgehead atoms. The largest absolute Gasteiger partial charge is 0.493 e. The summed E-state index contributed by atoms with van der Waals surface area (Å²) in [5.41, 5.74) is 0.757. The van der Waals surface area contributed by atoms with Crippen LogP contribution in [0.3, 0.4) is 0 Å². The molecule has 0 saturated heterocycles. The first-order valence-corrected chi connectivity index (χ1v) is 7.22. The average Bonchev–Trinajstić information content (AvgIpc) is 2.91. The molecule has 0 aliphatic rings. The summed E-state index contributed by atoms with van der Waals surface area (Å²) in [5, 5.41) is 7.08. The molecule has 0 saturated carbocycles. The third-order valence-corrected chi connectivity index (χ3v) is 3.35. The van der Waals surface area contributed by atoms with Gasteiger partial charge in [0.2, 0.25) is 5.91 Å². The summed E-state index contributed by atoms with van der Waals surface area (Å²) in [6, 6.07) is 7.85. The lowest BCUT2D eigenvalue weighted by Crippen LogP contribution is -2.28. The summed E-state index contributed by atoms with van der Waals surface area (Å²) in [7, 11) is 1.63. The quantitative estimate of drug-likeness (QED) is 0.823. The maximum atomic E-state index is 11.4. The Hall–Kier alpha value is -2.01. The van der Waals surface area contributed by atoms with E-state index in [2.05, 4.69) is 10.6 Å². The molecular weight excluding hydrogens is 268 g/mol. The summed E-state index contributed by atoms with van der Waals surface area (Å²) >= 11 is 0. The molecule has 1 amide bonds. The van der Waals surface area contributed by atoms with Crippen LogP contribution >= 0.6 is 0 Å². The molecule has 2 aromatic rings. The number of benzene rings is 1. The molecule has 1 unspecified atom stereocenters. The van der Waals surface area contributed by atoms with E-state index in [9.17, 15) is 4.79 Å². The van der Waals surface area contributed by atoms with Crippen molar-refractivity contribution in [3.8, 4) is 5.75 Å². The van der Waals surface area contributed by atoms with Gasteiger partial charge in [0, 0.05) is 24.9 Å². The third kappa shape index (κ3) is 3.76. The van der Waals surface area contributed by atoms with Gasteiger partial charge in [-0.1, -0.05) is 12.1 Å². The van der Waals surface area contributed by atoms with E-state index in [1.807, 2.05) is 38.1 Å². The number of hydrogen-bond acceptors (Lipinski definition) is 4. The van der Waals surface area contributed by atoms with E-state index < -0.39 is 0 Å². The van der Waals surface area contributed by atoms with Crippen molar-refractivity contribution in [2.45, 2.75) is 26.3 Å². The molecule has 1 aromatic heterocycles. The monoisotopic (exact) mass is 290 g/mol. The second-order valence-electron chi connectivity index (χ2n) is 4.91. The molecule has 21 heavy (non-hydrogen) atoms. The first kappa shape index (κ1) is 15.4. The molecular formula is C16H22N2O3. The number of nitrogens with one attached hydrogen (secondary N) is 2. The summed E-state index contributed by atoms with van der Waals surface area (Å²) in [6.45, 7) is 5.20. The SMILES string of the molecule is CCNC(=O)CCNC(C)c1cc2cccc(OC)c2o1. The van der Waals surface area contributed by atoms with E-state index in [1.165, 1.54) is 0 Å². The molecule has 0 aliphatic carbocycles. The van der Waals surface area contributed by atoms with Crippen LogP contribution in [-0.4, -0.2) is 26.1 Å². The zero-order valence-electron chi connectivity index (χ0n) is 12.7. The van der Waals surface area contributed by atoms with E-state index in [0.717, 1.165) is 22.5 Å². The lowest BCUT2D eigenvalue weighted by atomic mass is 10.2. The summed E-state index contributed by atoms with van der Waals surface area (Å²) in [6.07, 6.45) is 0.460. The van der Waals surface area contributed by atoms with Crippen LogP contribution in [-0.2, 0) is 4.79 Å². The highest BCUT2D eigenvalue weighted by Gasteiger charge is 2.13. The smallest absolute Gasteiger partial charge is 0.221 e. The molecule has 0 fully saturated rings. The van der Waals surface area contributed by atoms with Crippen LogP contribution in [0.4, 0.5) is 0 Å². The van der Waals surface area contributed by atoms with Gasteiger partial charge in [0.25, 0.3) is 0 Å². The zero-order chi connectivity index (χ0) is 15.2. The summed E-state index contributed by atoms with van der Waals surface area (Å²) in [4.78, 5) is 11.4. The van der Waals surface area contributed by atoms with Gasteiger partial charge in [-0.05, 0) is 26.0 Å². The Labute approximate surface area is 124 Å². The summed E-state index contributed by atoms with van der Waals surface area (Å²) < 4.78 is 11.2. The number of ether oxygens (including phenoxy) is 1. The lowest BCUT2D eigenvalue weighted by Gasteiger charge is -2.10. The van der Waals surface area contributed by atoms with E-state index in [1.54, 1.807) is 7.11 Å². The van der Waals surface area contributed by atoms with Crippen LogP contribution in [0.2, 0.25) is 0 Å². The number of furan rings is 1. The predicted octanol–water partition coefficient (Wildman–Crippen LogP) is 2.62. The fourth-order valence-corrected chi connectivity index (χ4v) is 2.22. The number of carbonyl (C=O) groups excluding carboxylic acids is 1. The molecule has 1 aromatic carbocycles. The average molecular weight is 290 g/mol. The number of carbonyl (C=O) groups is 1. The van der Waals surface area contributed by atoms with Crippen LogP contribution in [0.15, 0.2) is 28.7 Å². The maximum Gasteiger partial charge on any atom is 0.221 e. The highest BCUT2D eigenvalue weighted by molar-refractivity contribution is 5.83. The predicted molar refractivity (Wildman–Crippen MR) is 82.5 cm³/mol. The van der Waals surface area contributed by atoms with Gasteiger partial charge in [-0.25, -0.2) is 0 Å². The molecule has 0 radical (unpaired) electrons. The molecule has 1 atom stereocenters. The third-order valence-electron chi connectivity index (χ3n) is 3.35. The Kier molecular flexibility index (Phi) is 5.22. The molecule has 114 valence electrons. The Balaban J connectivity index is 1.99.